The predicted octanol–water partition coefficient (Wildman–Crippen LogP) is 3.15. The van der Waals surface area contributed by atoms with E-state index >= 15 is 0 Å². The van der Waals surface area contributed by atoms with Crippen molar-refractivity contribution in [2.24, 2.45) is 5.92 Å². The Bertz CT molecular complexity index is 270. The van der Waals surface area contributed by atoms with Gasteiger partial charge in [-0.1, -0.05) is 20.3 Å². The molecule has 80 valence electrons. The highest BCUT2D eigenvalue weighted by molar-refractivity contribution is 7.11. The Hall–Kier alpha value is -0.410. The minimum Gasteiger partial charge on any atom is -0.308 e. The van der Waals surface area contributed by atoms with Gasteiger partial charge >= 0.3 is 0 Å². The first kappa shape index (κ1) is 11.7. The first-order valence-corrected chi connectivity index (χ1v) is 6.10. The molecule has 0 radical (unpaired) electrons. The molecule has 0 saturated heterocycles. The Balaban J connectivity index is 2.39. The van der Waals surface area contributed by atoms with Crippen molar-refractivity contribution < 1.29 is 0 Å². The van der Waals surface area contributed by atoms with Crippen LogP contribution in [0, 0.1) is 12.8 Å². The molecule has 1 rings (SSSR count). The van der Waals surface area contributed by atoms with Crippen LogP contribution in [0.4, 0.5) is 0 Å². The highest BCUT2D eigenvalue weighted by atomic mass is 32.1. The van der Waals surface area contributed by atoms with Crippen molar-refractivity contribution in [2.45, 2.75) is 40.2 Å². The molecule has 0 saturated carbocycles. The molecular weight excluding hydrogens is 192 g/mol. The van der Waals surface area contributed by atoms with Crippen LogP contribution in [0.5, 0.6) is 0 Å². The number of aromatic nitrogens is 1. The Morgan fingerprint density at radius 3 is 2.71 bits per heavy atom. The summed E-state index contributed by atoms with van der Waals surface area (Å²) in [5.74, 6) is 0.749. The first-order chi connectivity index (χ1) is 6.63. The molecule has 0 aliphatic heterocycles. The predicted molar refractivity (Wildman–Crippen MR) is 62.7 cm³/mol. The lowest BCUT2D eigenvalue weighted by molar-refractivity contribution is 0.460. The molecule has 1 aromatic heterocycles. The van der Waals surface area contributed by atoms with Crippen molar-refractivity contribution in [3.05, 3.63) is 16.1 Å². The maximum atomic E-state index is 4.38. The molecule has 0 fully saturated rings. The van der Waals surface area contributed by atoms with Gasteiger partial charge in [-0.05, 0) is 26.3 Å². The summed E-state index contributed by atoms with van der Waals surface area (Å²) in [6.07, 6.45) is 3.18. The normalized spacial score (nSPS) is 15.4. The molecule has 0 aliphatic carbocycles. The Labute approximate surface area is 90.8 Å². The number of hydrogen-bond acceptors (Lipinski definition) is 3. The average molecular weight is 212 g/mol. The van der Waals surface area contributed by atoms with Crippen LogP contribution >= 0.6 is 11.3 Å². The second kappa shape index (κ2) is 5.47. The molecular formula is C11H20N2S. The smallest absolute Gasteiger partial charge is 0.109 e. The summed E-state index contributed by atoms with van der Waals surface area (Å²) in [4.78, 5) is 5.66. The molecule has 1 aromatic rings. The van der Waals surface area contributed by atoms with Gasteiger partial charge in [0.2, 0.25) is 0 Å². The van der Waals surface area contributed by atoms with Crippen LogP contribution in [-0.4, -0.2) is 11.5 Å². The molecule has 0 amide bonds. The zero-order chi connectivity index (χ0) is 10.6. The number of thiazole rings is 1. The van der Waals surface area contributed by atoms with Crippen molar-refractivity contribution in [3.8, 4) is 0 Å². The van der Waals surface area contributed by atoms with Crippen LogP contribution in [0.1, 0.15) is 43.1 Å². The van der Waals surface area contributed by atoms with Crippen LogP contribution in [0.3, 0.4) is 0 Å². The van der Waals surface area contributed by atoms with Gasteiger partial charge in [0, 0.05) is 11.1 Å². The van der Waals surface area contributed by atoms with E-state index in [4.69, 9.17) is 0 Å². The van der Waals surface area contributed by atoms with Crippen molar-refractivity contribution in [1.82, 2.24) is 10.3 Å². The lowest BCUT2D eigenvalue weighted by atomic mass is 10.1. The van der Waals surface area contributed by atoms with E-state index in [0.29, 0.717) is 6.04 Å². The topological polar surface area (TPSA) is 24.9 Å². The largest absolute Gasteiger partial charge is 0.308 e. The van der Waals surface area contributed by atoms with Gasteiger partial charge in [0.1, 0.15) is 5.01 Å². The maximum absolute atomic E-state index is 4.38. The number of aryl methyl sites for hydroxylation is 1. The maximum Gasteiger partial charge on any atom is 0.109 e. The summed E-state index contributed by atoms with van der Waals surface area (Å²) in [5, 5.41) is 4.71. The van der Waals surface area contributed by atoms with Gasteiger partial charge in [-0.15, -0.1) is 11.3 Å². The van der Waals surface area contributed by atoms with E-state index < -0.39 is 0 Å². The molecule has 2 unspecified atom stereocenters. The van der Waals surface area contributed by atoms with Crippen molar-refractivity contribution >= 4 is 11.3 Å². The molecule has 2 nitrogen and oxygen atoms in total. The molecule has 3 heteroatoms. The van der Waals surface area contributed by atoms with E-state index in [1.54, 1.807) is 11.3 Å². The van der Waals surface area contributed by atoms with Crippen LogP contribution in [-0.2, 0) is 0 Å². The lowest BCUT2D eigenvalue weighted by Crippen LogP contribution is -2.24. The fourth-order valence-electron chi connectivity index (χ4n) is 1.18. The molecule has 0 spiro atoms. The minimum absolute atomic E-state index is 0.391. The highest BCUT2D eigenvalue weighted by Crippen LogP contribution is 2.19. The zero-order valence-electron chi connectivity index (χ0n) is 9.50. The monoisotopic (exact) mass is 212 g/mol. The van der Waals surface area contributed by atoms with Crippen molar-refractivity contribution in [1.29, 1.82) is 0 Å². The van der Waals surface area contributed by atoms with Gasteiger partial charge < -0.3 is 5.32 Å². The first-order valence-electron chi connectivity index (χ1n) is 5.29. The molecule has 0 bridgehead atoms. The summed E-state index contributed by atoms with van der Waals surface area (Å²) >= 11 is 1.78. The van der Waals surface area contributed by atoms with Gasteiger partial charge in [-0.25, -0.2) is 4.98 Å². The number of nitrogens with one attached hydrogen (secondary N) is 1. The summed E-state index contributed by atoms with van der Waals surface area (Å²) in [6.45, 7) is 9.86. The fourth-order valence-corrected chi connectivity index (χ4v) is 1.98. The van der Waals surface area contributed by atoms with Crippen molar-refractivity contribution in [2.75, 3.05) is 6.54 Å². The molecule has 1 N–H and O–H groups in total. The quantitative estimate of drug-likeness (QED) is 0.811. The fraction of sp³-hybridized carbons (Fsp3) is 0.727. The molecule has 1 heterocycles. The molecule has 2 atom stereocenters. The molecule has 0 aromatic carbocycles. The summed E-state index contributed by atoms with van der Waals surface area (Å²) in [5.41, 5.74) is 0. The number of hydrogen-bond donors (Lipinski definition) is 1. The van der Waals surface area contributed by atoms with Crippen molar-refractivity contribution in [3.63, 3.8) is 0 Å². The van der Waals surface area contributed by atoms with Crippen LogP contribution in [0.25, 0.3) is 0 Å². The molecule has 14 heavy (non-hydrogen) atoms. The van der Waals surface area contributed by atoms with Gasteiger partial charge in [-0.2, -0.15) is 0 Å². The lowest BCUT2D eigenvalue weighted by Gasteiger charge is -2.14. The average Bonchev–Trinajstić information content (AvgIpc) is 2.60. The minimum atomic E-state index is 0.391. The summed E-state index contributed by atoms with van der Waals surface area (Å²) in [7, 11) is 0. The van der Waals surface area contributed by atoms with Gasteiger partial charge in [0.15, 0.2) is 0 Å². The van der Waals surface area contributed by atoms with E-state index in [0.717, 1.165) is 12.5 Å². The standard InChI is InChI=1S/C11H20N2S/c1-5-8(2)6-12-10(4)11-13-7-9(3)14-11/h7-8,10,12H,5-6H2,1-4H3. The second-order valence-electron chi connectivity index (χ2n) is 3.95. The van der Waals surface area contributed by atoms with Crippen LogP contribution < -0.4 is 5.32 Å². The third-order valence-corrected chi connectivity index (χ3v) is 3.57. The Morgan fingerprint density at radius 1 is 1.50 bits per heavy atom. The Kier molecular flexibility index (Phi) is 4.55. The van der Waals surface area contributed by atoms with E-state index in [2.05, 4.69) is 38.0 Å². The third-order valence-electron chi connectivity index (χ3n) is 2.48. The second-order valence-corrected chi connectivity index (χ2v) is 5.22. The van der Waals surface area contributed by atoms with Crippen LogP contribution in [0.15, 0.2) is 6.20 Å². The number of rotatable bonds is 5. The van der Waals surface area contributed by atoms with E-state index in [1.807, 2.05) is 6.20 Å². The number of nitrogens with zero attached hydrogens (tertiary/aromatic N) is 1. The molecule has 0 aliphatic rings. The highest BCUT2D eigenvalue weighted by Gasteiger charge is 2.09. The Morgan fingerprint density at radius 2 is 2.21 bits per heavy atom. The SMILES string of the molecule is CCC(C)CNC(C)c1ncc(C)s1. The third kappa shape index (κ3) is 3.39. The van der Waals surface area contributed by atoms with E-state index in [-0.39, 0.29) is 0 Å². The summed E-state index contributed by atoms with van der Waals surface area (Å²) < 4.78 is 0. The van der Waals surface area contributed by atoms with Crippen LogP contribution in [0.2, 0.25) is 0 Å². The van der Waals surface area contributed by atoms with E-state index in [1.165, 1.54) is 16.3 Å². The van der Waals surface area contributed by atoms with E-state index in [9.17, 15) is 0 Å². The van der Waals surface area contributed by atoms with Gasteiger partial charge in [-0.3, -0.25) is 0 Å². The van der Waals surface area contributed by atoms with Gasteiger partial charge in [0.25, 0.3) is 0 Å². The summed E-state index contributed by atoms with van der Waals surface area (Å²) in [6, 6.07) is 0.391. The zero-order valence-corrected chi connectivity index (χ0v) is 10.3. The van der Waals surface area contributed by atoms with Gasteiger partial charge in [0.05, 0.1) is 6.04 Å².